The molecule has 2 amide bonds. The summed E-state index contributed by atoms with van der Waals surface area (Å²) >= 11 is 0. The second-order valence-corrected chi connectivity index (χ2v) is 17.5. The zero-order chi connectivity index (χ0) is 46.8. The Morgan fingerprint density at radius 3 is 2.30 bits per heavy atom. The number of carbonyl (C=O) groups is 3. The van der Waals surface area contributed by atoms with Crippen molar-refractivity contribution in [1.29, 1.82) is 0 Å². The highest BCUT2D eigenvalue weighted by atomic mass is 16.5. The quantitative estimate of drug-likeness (QED) is 0.0629. The summed E-state index contributed by atoms with van der Waals surface area (Å²) in [4.78, 5) is 59.1. The van der Waals surface area contributed by atoms with E-state index >= 15 is 0 Å². The van der Waals surface area contributed by atoms with Crippen molar-refractivity contribution in [3.8, 4) is 11.5 Å². The lowest BCUT2D eigenvalue weighted by atomic mass is 9.86. The van der Waals surface area contributed by atoms with E-state index in [-0.39, 0.29) is 65.9 Å². The molecule has 2 aliphatic rings. The van der Waals surface area contributed by atoms with Gasteiger partial charge < -0.3 is 45.3 Å². The van der Waals surface area contributed by atoms with Gasteiger partial charge in [-0.2, -0.15) is 0 Å². The Labute approximate surface area is 389 Å². The summed E-state index contributed by atoms with van der Waals surface area (Å²) in [6.45, 7) is 4.05. The standard InChI is InChI=1S/C53H57N5O9/c59-46-22-20-44(45-21-23-48(61)56-50(45)46)47(60)31-54-30-36-16-18-39(19-17-36)51(63)55-42-14-8-26-58(33-42)49(62)35-66-43-15-7-13-41(29-43)53(65,40-11-5-2-6-12-40)52(64)67-34-38-24-27-57(28-25-38)32-37-9-3-1-4-10-37/h1-7,9-13,15-23,29,38,42,47,54,59-60,65H,8,14,24-28,30-35H2,(H,55,63)(H,56,61)/t42-,47+,53?/m1/s1. The van der Waals surface area contributed by atoms with Crippen LogP contribution in [0.4, 0.5) is 0 Å². The van der Waals surface area contributed by atoms with Crippen LogP contribution in [-0.2, 0) is 33.0 Å². The lowest BCUT2D eigenvalue weighted by Crippen LogP contribution is -2.50. The lowest BCUT2D eigenvalue weighted by molar-refractivity contribution is -0.164. The van der Waals surface area contributed by atoms with Gasteiger partial charge in [-0.1, -0.05) is 91.0 Å². The van der Waals surface area contributed by atoms with Gasteiger partial charge >= 0.3 is 5.97 Å². The van der Waals surface area contributed by atoms with Crippen molar-refractivity contribution in [3.63, 3.8) is 0 Å². The number of pyridine rings is 1. The molecule has 67 heavy (non-hydrogen) atoms. The lowest BCUT2D eigenvalue weighted by Gasteiger charge is -2.33. The molecule has 2 saturated heterocycles. The number of H-pyrrole nitrogens is 1. The van der Waals surface area contributed by atoms with E-state index in [0.717, 1.165) is 38.0 Å². The molecule has 1 aromatic heterocycles. The van der Waals surface area contributed by atoms with Crippen LogP contribution in [0.25, 0.3) is 10.9 Å². The molecule has 0 radical (unpaired) electrons. The Kier molecular flexibility index (Phi) is 15.1. The fourth-order valence-electron chi connectivity index (χ4n) is 8.96. The van der Waals surface area contributed by atoms with Crippen LogP contribution in [0, 0.1) is 5.92 Å². The van der Waals surface area contributed by atoms with E-state index in [1.807, 2.05) is 36.4 Å². The van der Waals surface area contributed by atoms with Crippen molar-refractivity contribution in [2.45, 2.75) is 56.5 Å². The molecule has 348 valence electrons. The van der Waals surface area contributed by atoms with Crippen LogP contribution in [0.2, 0.25) is 0 Å². The molecule has 0 bridgehead atoms. The number of nitrogens with one attached hydrogen (secondary N) is 3. The molecule has 1 unspecified atom stereocenters. The first-order chi connectivity index (χ1) is 32.5. The first kappa shape index (κ1) is 46.7. The molecule has 14 heteroatoms. The van der Waals surface area contributed by atoms with Crippen molar-refractivity contribution >= 4 is 28.7 Å². The third-order valence-electron chi connectivity index (χ3n) is 12.8. The Balaban J connectivity index is 0.807. The number of fused-ring (bicyclic) bond motifs is 1. The Morgan fingerprint density at radius 1 is 0.806 bits per heavy atom. The number of aromatic hydroxyl groups is 1. The van der Waals surface area contributed by atoms with Gasteiger partial charge in [-0.25, -0.2) is 4.79 Å². The molecule has 3 atom stereocenters. The number of phenols is 1. The number of amides is 2. The monoisotopic (exact) mass is 907 g/mol. The summed E-state index contributed by atoms with van der Waals surface area (Å²) in [7, 11) is 0. The van der Waals surface area contributed by atoms with Gasteiger partial charge in [-0.3, -0.25) is 19.3 Å². The molecule has 2 fully saturated rings. The molecule has 3 heterocycles. The van der Waals surface area contributed by atoms with Gasteiger partial charge in [0.1, 0.15) is 11.5 Å². The van der Waals surface area contributed by atoms with E-state index in [0.29, 0.717) is 60.3 Å². The number of hydrogen-bond acceptors (Lipinski definition) is 11. The summed E-state index contributed by atoms with van der Waals surface area (Å²) < 4.78 is 11.9. The number of rotatable bonds is 17. The summed E-state index contributed by atoms with van der Waals surface area (Å²) in [6.07, 6.45) is 2.25. The number of aromatic nitrogens is 1. The van der Waals surface area contributed by atoms with E-state index in [1.54, 1.807) is 77.7 Å². The molecular formula is C53H57N5O9. The van der Waals surface area contributed by atoms with Gasteiger partial charge in [0.25, 0.3) is 11.8 Å². The van der Waals surface area contributed by atoms with E-state index < -0.39 is 17.7 Å². The first-order valence-electron chi connectivity index (χ1n) is 22.9. The van der Waals surface area contributed by atoms with Crippen molar-refractivity contribution < 1.29 is 39.2 Å². The maximum Gasteiger partial charge on any atom is 0.347 e. The molecule has 0 saturated carbocycles. The summed E-state index contributed by atoms with van der Waals surface area (Å²) in [5.41, 5.74) is 1.62. The number of nitrogens with zero attached hydrogens (tertiary/aromatic N) is 2. The molecule has 8 rings (SSSR count). The van der Waals surface area contributed by atoms with Crippen LogP contribution >= 0.6 is 0 Å². The zero-order valence-corrected chi connectivity index (χ0v) is 37.3. The van der Waals surface area contributed by atoms with Crippen LogP contribution < -0.4 is 20.9 Å². The molecule has 6 N–H and O–H groups in total. The third-order valence-corrected chi connectivity index (χ3v) is 12.8. The Morgan fingerprint density at radius 2 is 1.54 bits per heavy atom. The topological polar surface area (TPSA) is 194 Å². The third kappa shape index (κ3) is 11.6. The van der Waals surface area contributed by atoms with E-state index in [9.17, 15) is 34.5 Å². The Hall–Kier alpha value is -6.84. The highest BCUT2D eigenvalue weighted by Crippen LogP contribution is 2.34. The maximum absolute atomic E-state index is 13.9. The van der Waals surface area contributed by atoms with Crippen molar-refractivity contribution in [1.82, 2.24) is 25.4 Å². The number of phenolic OH excluding ortho intramolecular Hbond substituents is 1. The number of likely N-dealkylation sites (tertiary alicyclic amines) is 2. The average molecular weight is 908 g/mol. The number of benzene rings is 5. The van der Waals surface area contributed by atoms with Gasteiger partial charge in [-0.05, 0) is 103 Å². The number of aliphatic hydroxyl groups is 2. The van der Waals surface area contributed by atoms with Crippen LogP contribution in [0.3, 0.4) is 0 Å². The van der Waals surface area contributed by atoms with Crippen LogP contribution in [0.1, 0.15) is 70.0 Å². The smallest absolute Gasteiger partial charge is 0.347 e. The summed E-state index contributed by atoms with van der Waals surface area (Å²) in [5.74, 6) is -0.886. The second kappa shape index (κ2) is 21.6. The normalized spacial score (nSPS) is 17.0. The number of piperidine rings is 2. The highest BCUT2D eigenvalue weighted by Gasteiger charge is 2.42. The summed E-state index contributed by atoms with van der Waals surface area (Å²) in [6, 6.07) is 38.5. The van der Waals surface area contributed by atoms with Gasteiger partial charge in [0.05, 0.1) is 18.2 Å². The van der Waals surface area contributed by atoms with Gasteiger partial charge in [-0.15, -0.1) is 0 Å². The van der Waals surface area contributed by atoms with Crippen LogP contribution in [0.5, 0.6) is 11.5 Å². The molecule has 2 aliphatic heterocycles. The van der Waals surface area contributed by atoms with E-state index in [1.165, 1.54) is 17.7 Å². The average Bonchev–Trinajstić information content (AvgIpc) is 3.36. The first-order valence-corrected chi connectivity index (χ1v) is 22.9. The van der Waals surface area contributed by atoms with E-state index in [2.05, 4.69) is 32.7 Å². The van der Waals surface area contributed by atoms with Crippen molar-refractivity contribution in [2.75, 3.05) is 45.9 Å². The minimum absolute atomic E-state index is 0.0756. The van der Waals surface area contributed by atoms with Gasteiger partial charge in [0.15, 0.2) is 6.61 Å². The highest BCUT2D eigenvalue weighted by molar-refractivity contribution is 5.94. The molecule has 14 nitrogen and oxygen atoms in total. The Bertz CT molecular complexity index is 2690. The SMILES string of the molecule is O=C(N[C@@H]1CCCN(C(=O)COc2cccc(C(O)(C(=O)OCC3CCN(Cc4ccccc4)CC3)c3ccccc3)c2)C1)c1ccc(CNC[C@H](O)c2ccc(O)c3[nH]c(=O)ccc23)cc1. The van der Waals surface area contributed by atoms with Crippen LogP contribution in [0.15, 0.2) is 138 Å². The number of esters is 1. The zero-order valence-electron chi connectivity index (χ0n) is 37.3. The van der Waals surface area contributed by atoms with Crippen LogP contribution in [-0.4, -0.2) is 99.9 Å². The fourth-order valence-corrected chi connectivity index (χ4v) is 8.96. The molecule has 0 aliphatic carbocycles. The van der Waals surface area contributed by atoms with Gasteiger partial charge in [0.2, 0.25) is 11.2 Å². The number of aromatic amines is 1. The minimum Gasteiger partial charge on any atom is -0.506 e. The fraction of sp³-hybridized carbons (Fsp3) is 0.321. The molecule has 0 spiro atoms. The number of ether oxygens (including phenoxy) is 2. The largest absolute Gasteiger partial charge is 0.506 e. The van der Waals surface area contributed by atoms with Gasteiger partial charge in [0, 0.05) is 61.3 Å². The maximum atomic E-state index is 13.9. The predicted molar refractivity (Wildman–Crippen MR) is 253 cm³/mol. The molecular weight excluding hydrogens is 851 g/mol. The van der Waals surface area contributed by atoms with E-state index in [4.69, 9.17) is 9.47 Å². The number of aliphatic hydroxyl groups excluding tert-OH is 1. The molecule has 5 aromatic carbocycles. The number of carbonyl (C=O) groups excluding carboxylic acids is 3. The predicted octanol–water partition coefficient (Wildman–Crippen LogP) is 5.55. The second-order valence-electron chi connectivity index (χ2n) is 17.5. The van der Waals surface area contributed by atoms with Crippen molar-refractivity contribution in [2.24, 2.45) is 5.92 Å². The summed E-state index contributed by atoms with van der Waals surface area (Å²) in [5, 5.41) is 40.1. The number of hydrogen-bond donors (Lipinski definition) is 6. The molecule has 6 aromatic rings. The minimum atomic E-state index is -2.12. The van der Waals surface area contributed by atoms with Crippen molar-refractivity contribution in [3.05, 3.63) is 177 Å².